The summed E-state index contributed by atoms with van der Waals surface area (Å²) in [6.45, 7) is 3.41. The molecular weight excluding hydrogens is 579 g/mol. The lowest BCUT2D eigenvalue weighted by Crippen LogP contribution is -2.46. The number of hydrogen-bond donors (Lipinski definition) is 0. The molecular formula is C34H35FN4O4S. The highest BCUT2D eigenvalue weighted by Gasteiger charge is 2.39. The maximum atomic E-state index is 14.1. The van der Waals surface area contributed by atoms with E-state index in [1.165, 1.54) is 23.9 Å². The van der Waals surface area contributed by atoms with Crippen LogP contribution >= 0.6 is 11.8 Å². The van der Waals surface area contributed by atoms with Crippen molar-refractivity contribution in [2.24, 2.45) is 5.92 Å². The zero-order valence-corrected chi connectivity index (χ0v) is 25.9. The number of carbonyl (C=O) groups excluding carboxylic acids is 2. The van der Waals surface area contributed by atoms with Gasteiger partial charge in [-0.25, -0.2) is 9.07 Å². The van der Waals surface area contributed by atoms with Crippen LogP contribution in [0.1, 0.15) is 36.1 Å². The van der Waals surface area contributed by atoms with Crippen LogP contribution in [0.25, 0.3) is 16.9 Å². The maximum Gasteiger partial charge on any atom is 0.242 e. The van der Waals surface area contributed by atoms with Crippen LogP contribution < -0.4 is 14.4 Å². The first-order valence-corrected chi connectivity index (χ1v) is 15.8. The van der Waals surface area contributed by atoms with E-state index < -0.39 is 5.25 Å². The number of thioether (sulfide) groups is 1. The highest BCUT2D eigenvalue weighted by molar-refractivity contribution is 8.00. The van der Waals surface area contributed by atoms with Crippen molar-refractivity contribution in [3.63, 3.8) is 0 Å². The lowest BCUT2D eigenvalue weighted by Gasteiger charge is -2.32. The second-order valence-electron chi connectivity index (χ2n) is 11.2. The fraction of sp³-hybridized carbons (Fsp3) is 0.324. The van der Waals surface area contributed by atoms with E-state index in [-0.39, 0.29) is 29.9 Å². The van der Waals surface area contributed by atoms with E-state index >= 15 is 0 Å². The van der Waals surface area contributed by atoms with Gasteiger partial charge in [-0.1, -0.05) is 37.3 Å². The van der Waals surface area contributed by atoms with Crippen LogP contribution in [0.15, 0.2) is 72.8 Å². The molecule has 8 nitrogen and oxygen atoms in total. The number of nitrogens with zero attached hydrogens (tertiary/aromatic N) is 4. The second kappa shape index (κ2) is 12.7. The highest BCUT2D eigenvalue weighted by atomic mass is 32.2. The van der Waals surface area contributed by atoms with Gasteiger partial charge in [-0.15, -0.1) is 11.8 Å². The molecule has 0 saturated carbocycles. The lowest BCUT2D eigenvalue weighted by molar-refractivity contribution is -0.132. The average Bonchev–Trinajstić information content (AvgIpc) is 3.38. The Morgan fingerprint density at radius 1 is 1.00 bits per heavy atom. The summed E-state index contributed by atoms with van der Waals surface area (Å²) in [6, 6.07) is 21.4. The summed E-state index contributed by atoms with van der Waals surface area (Å²) in [4.78, 5) is 31.2. The molecule has 1 fully saturated rings. The van der Waals surface area contributed by atoms with Gasteiger partial charge in [0, 0.05) is 29.8 Å². The summed E-state index contributed by atoms with van der Waals surface area (Å²) in [7, 11) is 3.22. The summed E-state index contributed by atoms with van der Waals surface area (Å²) in [5, 5.41) is 4.68. The van der Waals surface area contributed by atoms with E-state index in [9.17, 15) is 14.0 Å². The first kappa shape index (κ1) is 29.7. The molecule has 228 valence electrons. The van der Waals surface area contributed by atoms with Crippen molar-refractivity contribution in [1.29, 1.82) is 0 Å². The third-order valence-corrected chi connectivity index (χ3v) is 9.59. The minimum Gasteiger partial charge on any atom is -0.497 e. The van der Waals surface area contributed by atoms with Gasteiger partial charge in [-0.05, 0) is 61.2 Å². The molecule has 2 aliphatic heterocycles. The van der Waals surface area contributed by atoms with E-state index in [2.05, 4.69) is 6.92 Å². The fourth-order valence-electron chi connectivity index (χ4n) is 5.87. The van der Waals surface area contributed by atoms with Gasteiger partial charge in [0.05, 0.1) is 36.6 Å². The van der Waals surface area contributed by atoms with Crippen molar-refractivity contribution in [1.82, 2.24) is 14.7 Å². The van der Waals surface area contributed by atoms with Crippen molar-refractivity contribution in [2.45, 2.75) is 25.0 Å². The fourth-order valence-corrected chi connectivity index (χ4v) is 7.09. The number of benzene rings is 3. The Kier molecular flexibility index (Phi) is 8.61. The van der Waals surface area contributed by atoms with Crippen LogP contribution in [0.2, 0.25) is 0 Å². The number of aromatic nitrogens is 2. The van der Waals surface area contributed by atoms with Crippen molar-refractivity contribution in [3.8, 4) is 28.4 Å². The molecule has 0 radical (unpaired) electrons. The molecule has 0 unspecified atom stereocenters. The number of amides is 2. The molecule has 3 aromatic carbocycles. The standard InChI is InChI=1S/C34H35FN4O4S/c1-22-15-17-37(18-16-22)29(40)20-38-30(41)21-44-33(27-19-26(42-2)13-14-28(27)43-3)31-32(23-7-5-4-6-8-23)36-39(34(31)38)25-11-9-24(35)10-12-25/h4-14,19,22,33H,15-18,20-21H2,1-3H3/t33-/m1/s1. The Hall–Kier alpha value is -4.31. The molecule has 0 spiro atoms. The number of piperidine rings is 1. The lowest BCUT2D eigenvalue weighted by atomic mass is 9.98. The van der Waals surface area contributed by atoms with Crippen LogP contribution in [-0.4, -0.2) is 66.1 Å². The van der Waals surface area contributed by atoms with Gasteiger partial charge in [0.15, 0.2) is 0 Å². The number of methoxy groups -OCH3 is 2. The van der Waals surface area contributed by atoms with E-state index in [1.54, 1.807) is 35.9 Å². The first-order valence-electron chi connectivity index (χ1n) is 14.7. The summed E-state index contributed by atoms with van der Waals surface area (Å²) in [5.41, 5.74) is 3.67. The van der Waals surface area contributed by atoms with Gasteiger partial charge >= 0.3 is 0 Å². The summed E-state index contributed by atoms with van der Waals surface area (Å²) in [5.74, 6) is 1.77. The normalized spacial score (nSPS) is 17.3. The molecule has 0 aliphatic carbocycles. The molecule has 1 saturated heterocycles. The third kappa shape index (κ3) is 5.78. The van der Waals surface area contributed by atoms with E-state index in [0.29, 0.717) is 47.7 Å². The smallest absolute Gasteiger partial charge is 0.242 e. The molecule has 1 aromatic heterocycles. The second-order valence-corrected chi connectivity index (χ2v) is 12.3. The molecule has 2 amide bonds. The average molecular weight is 615 g/mol. The Bertz CT molecular complexity index is 1650. The molecule has 44 heavy (non-hydrogen) atoms. The molecule has 3 heterocycles. The molecule has 0 bridgehead atoms. The van der Waals surface area contributed by atoms with Gasteiger partial charge in [0.2, 0.25) is 11.8 Å². The van der Waals surface area contributed by atoms with E-state index in [0.717, 1.165) is 29.5 Å². The van der Waals surface area contributed by atoms with Gasteiger partial charge in [0.25, 0.3) is 0 Å². The zero-order valence-electron chi connectivity index (χ0n) is 25.0. The van der Waals surface area contributed by atoms with Crippen molar-refractivity contribution in [3.05, 3.63) is 89.7 Å². The Morgan fingerprint density at radius 3 is 2.41 bits per heavy atom. The SMILES string of the molecule is COc1ccc(OC)c([C@H]2SCC(=O)N(CC(=O)N3CCC(C)CC3)c3c2c(-c2ccccc2)nn3-c2ccc(F)cc2)c1. The van der Waals surface area contributed by atoms with Crippen LogP contribution in [0.3, 0.4) is 0 Å². The van der Waals surface area contributed by atoms with E-state index in [1.807, 2.05) is 53.4 Å². The molecule has 10 heteroatoms. The van der Waals surface area contributed by atoms with Crippen LogP contribution in [0.4, 0.5) is 10.2 Å². The quantitative estimate of drug-likeness (QED) is 0.250. The highest BCUT2D eigenvalue weighted by Crippen LogP contribution is 2.51. The summed E-state index contributed by atoms with van der Waals surface area (Å²) in [6.07, 6.45) is 1.87. The first-order chi connectivity index (χ1) is 21.4. The number of anilines is 1. The van der Waals surface area contributed by atoms with Gasteiger partial charge in [-0.2, -0.15) is 5.10 Å². The van der Waals surface area contributed by atoms with Gasteiger partial charge in [-0.3, -0.25) is 14.5 Å². The van der Waals surface area contributed by atoms with Crippen molar-refractivity contribution in [2.75, 3.05) is 44.5 Å². The Labute approximate surface area is 260 Å². The summed E-state index contributed by atoms with van der Waals surface area (Å²) >= 11 is 1.46. The molecule has 1 atom stereocenters. The third-order valence-electron chi connectivity index (χ3n) is 8.36. The number of carbonyl (C=O) groups is 2. The predicted molar refractivity (Wildman–Crippen MR) is 170 cm³/mol. The zero-order chi connectivity index (χ0) is 30.8. The van der Waals surface area contributed by atoms with Gasteiger partial charge in [0.1, 0.15) is 29.7 Å². The molecule has 6 rings (SSSR count). The van der Waals surface area contributed by atoms with Crippen LogP contribution in [-0.2, 0) is 9.59 Å². The largest absolute Gasteiger partial charge is 0.497 e. The van der Waals surface area contributed by atoms with Crippen LogP contribution in [0.5, 0.6) is 11.5 Å². The Balaban J connectivity index is 1.59. The molecule has 0 N–H and O–H groups in total. The number of likely N-dealkylation sites (tertiary alicyclic amines) is 1. The number of rotatable bonds is 7. The number of hydrogen-bond acceptors (Lipinski definition) is 6. The van der Waals surface area contributed by atoms with Gasteiger partial charge < -0.3 is 14.4 Å². The number of fused-ring (bicyclic) bond motifs is 1. The molecule has 2 aliphatic rings. The minimum absolute atomic E-state index is 0.105. The van der Waals surface area contributed by atoms with Crippen molar-refractivity contribution < 1.29 is 23.5 Å². The maximum absolute atomic E-state index is 14.1. The van der Waals surface area contributed by atoms with Crippen LogP contribution in [0, 0.1) is 11.7 Å². The summed E-state index contributed by atoms with van der Waals surface area (Å²) < 4.78 is 27.2. The van der Waals surface area contributed by atoms with E-state index in [4.69, 9.17) is 14.6 Å². The van der Waals surface area contributed by atoms with Crippen molar-refractivity contribution >= 4 is 29.4 Å². The Morgan fingerprint density at radius 2 is 1.73 bits per heavy atom. The number of ether oxygens (including phenoxy) is 2. The number of halogens is 1. The molecule has 4 aromatic rings. The topological polar surface area (TPSA) is 76.9 Å². The predicted octanol–water partition coefficient (Wildman–Crippen LogP) is 6.12. The minimum atomic E-state index is -0.403. The monoisotopic (exact) mass is 614 g/mol.